The number of methoxy groups -OCH3 is 2. The molecule has 3 rings (SSSR count). The van der Waals surface area contributed by atoms with E-state index in [4.69, 9.17) is 13.9 Å². The number of phenolic OH excluding ortho intramolecular Hbond substituents is 1. The van der Waals surface area contributed by atoms with E-state index in [0.717, 1.165) is 5.56 Å². The molecule has 5 nitrogen and oxygen atoms in total. The van der Waals surface area contributed by atoms with Gasteiger partial charge in [0.05, 0.1) is 31.4 Å². The summed E-state index contributed by atoms with van der Waals surface area (Å²) in [6.07, 6.45) is 4.53. The van der Waals surface area contributed by atoms with Crippen molar-refractivity contribution in [2.75, 3.05) is 14.2 Å². The molecule has 0 saturated carbocycles. The molecule has 0 amide bonds. The van der Waals surface area contributed by atoms with Crippen molar-refractivity contribution in [3.8, 4) is 17.2 Å². The summed E-state index contributed by atoms with van der Waals surface area (Å²) in [7, 11) is 3.11. The molecule has 1 aromatic heterocycles. The first-order valence-corrected chi connectivity index (χ1v) is 7.27. The fourth-order valence-electron chi connectivity index (χ4n) is 2.45. The van der Waals surface area contributed by atoms with E-state index in [2.05, 4.69) is 0 Å². The van der Waals surface area contributed by atoms with Crippen molar-refractivity contribution in [1.29, 1.82) is 0 Å². The summed E-state index contributed by atoms with van der Waals surface area (Å²) >= 11 is 0. The summed E-state index contributed by atoms with van der Waals surface area (Å²) in [5, 5.41) is 10.7. The third-order valence-corrected chi connectivity index (χ3v) is 3.71. The Hall–Kier alpha value is -3.21. The number of fused-ring (bicyclic) bond motifs is 1. The Labute approximate surface area is 138 Å². The van der Waals surface area contributed by atoms with Crippen LogP contribution >= 0.6 is 0 Å². The van der Waals surface area contributed by atoms with Gasteiger partial charge in [0.1, 0.15) is 11.3 Å². The number of hydrogen-bond acceptors (Lipinski definition) is 5. The molecule has 0 aliphatic heterocycles. The molecule has 0 spiro atoms. The first kappa shape index (κ1) is 15.7. The molecule has 0 radical (unpaired) electrons. The van der Waals surface area contributed by atoms with E-state index < -0.39 is 0 Å². The molecule has 0 saturated heterocycles. The van der Waals surface area contributed by atoms with Crippen molar-refractivity contribution in [2.45, 2.75) is 0 Å². The van der Waals surface area contributed by atoms with Crippen LogP contribution in [-0.2, 0) is 0 Å². The van der Waals surface area contributed by atoms with Crippen LogP contribution in [0.5, 0.6) is 17.2 Å². The molecule has 0 aliphatic rings. The number of ketones is 1. The maximum Gasteiger partial charge on any atom is 0.189 e. The van der Waals surface area contributed by atoms with Gasteiger partial charge < -0.3 is 19.0 Å². The smallest absolute Gasteiger partial charge is 0.189 e. The molecule has 3 aromatic rings. The highest BCUT2D eigenvalue weighted by molar-refractivity contribution is 6.11. The molecular formula is C19H16O5. The molecule has 24 heavy (non-hydrogen) atoms. The second kappa shape index (κ2) is 6.50. The molecule has 0 fully saturated rings. The quantitative estimate of drug-likeness (QED) is 0.566. The average Bonchev–Trinajstić information content (AvgIpc) is 3.09. The Morgan fingerprint density at radius 1 is 1.08 bits per heavy atom. The van der Waals surface area contributed by atoms with E-state index in [9.17, 15) is 9.90 Å². The minimum atomic E-state index is -0.301. The van der Waals surface area contributed by atoms with Crippen molar-refractivity contribution in [1.82, 2.24) is 0 Å². The topological polar surface area (TPSA) is 68.9 Å². The molecule has 0 atom stereocenters. The first-order valence-electron chi connectivity index (χ1n) is 7.27. The Kier molecular flexibility index (Phi) is 4.24. The van der Waals surface area contributed by atoms with Gasteiger partial charge in [-0.1, -0.05) is 12.1 Å². The zero-order valence-corrected chi connectivity index (χ0v) is 13.3. The Morgan fingerprint density at radius 3 is 2.62 bits per heavy atom. The first-order chi connectivity index (χ1) is 11.6. The predicted octanol–water partition coefficient (Wildman–Crippen LogP) is 4.05. The third-order valence-electron chi connectivity index (χ3n) is 3.71. The number of aromatic hydroxyl groups is 1. The lowest BCUT2D eigenvalue weighted by molar-refractivity contribution is 0.104. The molecule has 0 aliphatic carbocycles. The van der Waals surface area contributed by atoms with Crippen molar-refractivity contribution in [3.05, 3.63) is 59.9 Å². The van der Waals surface area contributed by atoms with Crippen molar-refractivity contribution in [3.63, 3.8) is 0 Å². The number of carbonyl (C=O) groups excluding carboxylic acids is 1. The van der Waals surface area contributed by atoms with Crippen LogP contribution in [0.3, 0.4) is 0 Å². The number of ether oxygens (including phenoxy) is 2. The number of furan rings is 1. The van der Waals surface area contributed by atoms with Crippen LogP contribution < -0.4 is 9.47 Å². The van der Waals surface area contributed by atoms with Crippen molar-refractivity contribution >= 4 is 22.8 Å². The highest BCUT2D eigenvalue weighted by atomic mass is 16.5. The highest BCUT2D eigenvalue weighted by Crippen LogP contribution is 2.31. The Bertz CT molecular complexity index is 921. The SMILES string of the molecule is COc1ccc(/C=C/C(=O)c2ccc3occc3c2O)cc1OC. The van der Waals surface area contributed by atoms with E-state index >= 15 is 0 Å². The van der Waals surface area contributed by atoms with Gasteiger partial charge in [-0.3, -0.25) is 4.79 Å². The van der Waals surface area contributed by atoms with Gasteiger partial charge >= 0.3 is 0 Å². The van der Waals surface area contributed by atoms with Gasteiger partial charge in [-0.25, -0.2) is 0 Å². The van der Waals surface area contributed by atoms with Crippen LogP contribution in [-0.4, -0.2) is 25.1 Å². The maximum atomic E-state index is 12.3. The summed E-state index contributed by atoms with van der Waals surface area (Å²) < 4.78 is 15.6. The van der Waals surface area contributed by atoms with Gasteiger partial charge in [0.2, 0.25) is 0 Å². The Morgan fingerprint density at radius 2 is 1.88 bits per heavy atom. The van der Waals surface area contributed by atoms with Crippen LogP contribution in [0.15, 0.2) is 53.2 Å². The highest BCUT2D eigenvalue weighted by Gasteiger charge is 2.13. The number of rotatable bonds is 5. The standard InChI is InChI=1S/C19H16O5/c1-22-17-7-4-12(11-18(17)23-2)3-6-15(20)13-5-8-16-14(19(13)21)9-10-24-16/h3-11,21H,1-2H3/b6-3+. The van der Waals surface area contributed by atoms with Gasteiger partial charge in [0.15, 0.2) is 17.3 Å². The van der Waals surface area contributed by atoms with Crippen molar-refractivity contribution in [2.24, 2.45) is 0 Å². The van der Waals surface area contributed by atoms with Gasteiger partial charge in [-0.05, 0) is 42.0 Å². The average molecular weight is 324 g/mol. The minimum absolute atomic E-state index is 0.0804. The lowest BCUT2D eigenvalue weighted by Crippen LogP contribution is -1.95. The largest absolute Gasteiger partial charge is 0.506 e. The number of allylic oxidation sites excluding steroid dienone is 1. The van der Waals surface area contributed by atoms with Gasteiger partial charge in [-0.15, -0.1) is 0 Å². The summed E-state index contributed by atoms with van der Waals surface area (Å²) in [5.74, 6) is 0.812. The molecule has 2 aromatic carbocycles. The molecular weight excluding hydrogens is 308 g/mol. The van der Waals surface area contributed by atoms with Crippen LogP contribution in [0.4, 0.5) is 0 Å². The van der Waals surface area contributed by atoms with E-state index in [1.165, 1.54) is 12.3 Å². The molecule has 5 heteroatoms. The maximum absolute atomic E-state index is 12.3. The number of hydrogen-bond donors (Lipinski definition) is 1. The predicted molar refractivity (Wildman–Crippen MR) is 90.8 cm³/mol. The van der Waals surface area contributed by atoms with Crippen LogP contribution in [0, 0.1) is 0 Å². The van der Waals surface area contributed by atoms with E-state index in [1.54, 1.807) is 50.6 Å². The zero-order valence-electron chi connectivity index (χ0n) is 13.3. The third kappa shape index (κ3) is 2.84. The molecule has 0 bridgehead atoms. The summed E-state index contributed by atoms with van der Waals surface area (Å²) in [6, 6.07) is 10.2. The van der Waals surface area contributed by atoms with E-state index in [0.29, 0.717) is 22.5 Å². The zero-order chi connectivity index (χ0) is 17.1. The van der Waals surface area contributed by atoms with E-state index in [1.807, 2.05) is 6.07 Å². The number of phenols is 1. The molecule has 0 unspecified atom stereocenters. The fourth-order valence-corrected chi connectivity index (χ4v) is 2.45. The molecule has 1 N–H and O–H groups in total. The Balaban J connectivity index is 1.88. The molecule has 122 valence electrons. The second-order valence-corrected chi connectivity index (χ2v) is 5.11. The monoisotopic (exact) mass is 324 g/mol. The fraction of sp³-hybridized carbons (Fsp3) is 0.105. The molecule has 1 heterocycles. The summed E-state index contributed by atoms with van der Waals surface area (Å²) in [5.41, 5.74) is 1.54. The van der Waals surface area contributed by atoms with E-state index in [-0.39, 0.29) is 17.1 Å². The van der Waals surface area contributed by atoms with Crippen LogP contribution in [0.1, 0.15) is 15.9 Å². The van der Waals surface area contributed by atoms with Gasteiger partial charge in [0, 0.05) is 0 Å². The minimum Gasteiger partial charge on any atom is -0.506 e. The second-order valence-electron chi connectivity index (χ2n) is 5.11. The van der Waals surface area contributed by atoms with Crippen LogP contribution in [0.2, 0.25) is 0 Å². The van der Waals surface area contributed by atoms with Crippen LogP contribution in [0.25, 0.3) is 17.0 Å². The van der Waals surface area contributed by atoms with Crippen molar-refractivity contribution < 1.29 is 23.8 Å². The van der Waals surface area contributed by atoms with Gasteiger partial charge in [-0.2, -0.15) is 0 Å². The summed E-state index contributed by atoms with van der Waals surface area (Å²) in [6.45, 7) is 0. The van der Waals surface area contributed by atoms with Gasteiger partial charge in [0.25, 0.3) is 0 Å². The number of carbonyl (C=O) groups is 1. The normalized spacial score (nSPS) is 11.1. The number of benzene rings is 2. The lowest BCUT2D eigenvalue weighted by atomic mass is 10.1. The lowest BCUT2D eigenvalue weighted by Gasteiger charge is -2.07. The summed E-state index contributed by atoms with van der Waals surface area (Å²) in [4.78, 5) is 12.3.